The molecule has 2 aromatic rings. The number of aliphatic hydroxyl groups excluding tert-OH is 1. The second kappa shape index (κ2) is 6.76. The van der Waals surface area contributed by atoms with E-state index in [1.54, 1.807) is 12.1 Å². The van der Waals surface area contributed by atoms with Crippen molar-refractivity contribution in [2.24, 2.45) is 0 Å². The molecule has 1 aromatic carbocycles. The molecule has 0 aliphatic rings. The smallest absolute Gasteiger partial charge is 0.221 e. The van der Waals surface area contributed by atoms with Crippen molar-refractivity contribution in [1.82, 2.24) is 20.1 Å². The predicted molar refractivity (Wildman–Crippen MR) is 69.0 cm³/mol. The summed E-state index contributed by atoms with van der Waals surface area (Å²) in [4.78, 5) is 15.3. The molecule has 20 heavy (non-hydrogen) atoms. The zero-order valence-electron chi connectivity index (χ0n) is 10.7. The van der Waals surface area contributed by atoms with E-state index in [1.165, 1.54) is 29.5 Å². The molecular weight excluding hydrogens is 263 g/mol. The van der Waals surface area contributed by atoms with Gasteiger partial charge in [-0.25, -0.2) is 9.37 Å². The summed E-state index contributed by atoms with van der Waals surface area (Å²) in [7, 11) is 0. The largest absolute Gasteiger partial charge is 0.386 e. The Bertz CT molecular complexity index is 559. The predicted octanol–water partition coefficient (Wildman–Crippen LogP) is 0.657. The van der Waals surface area contributed by atoms with Crippen LogP contribution in [-0.2, 0) is 11.3 Å². The third kappa shape index (κ3) is 3.86. The first kappa shape index (κ1) is 14.1. The van der Waals surface area contributed by atoms with Gasteiger partial charge < -0.3 is 10.4 Å². The number of aliphatic hydroxyl groups is 1. The fraction of sp³-hybridized carbons (Fsp3) is 0.308. The fourth-order valence-corrected chi connectivity index (χ4v) is 1.72. The molecule has 2 N–H and O–H groups in total. The number of hydrogen-bond acceptors (Lipinski definition) is 4. The van der Waals surface area contributed by atoms with Crippen LogP contribution >= 0.6 is 0 Å². The molecular formula is C13H15FN4O2. The first-order valence-corrected chi connectivity index (χ1v) is 6.18. The Kier molecular flexibility index (Phi) is 4.78. The van der Waals surface area contributed by atoms with Crippen LogP contribution in [0.5, 0.6) is 0 Å². The molecule has 0 fully saturated rings. The molecule has 1 heterocycles. The maximum atomic E-state index is 13.4. The van der Waals surface area contributed by atoms with E-state index in [0.717, 1.165) is 0 Å². The lowest BCUT2D eigenvalue weighted by Gasteiger charge is -2.13. The van der Waals surface area contributed by atoms with Gasteiger partial charge in [0.1, 0.15) is 18.5 Å². The first-order chi connectivity index (χ1) is 9.66. The van der Waals surface area contributed by atoms with Crippen LogP contribution in [0.15, 0.2) is 36.9 Å². The summed E-state index contributed by atoms with van der Waals surface area (Å²) in [5, 5.41) is 16.2. The molecule has 0 saturated carbocycles. The Labute approximate surface area is 115 Å². The fourth-order valence-electron chi connectivity index (χ4n) is 1.72. The molecule has 0 spiro atoms. The number of hydrogen-bond donors (Lipinski definition) is 2. The van der Waals surface area contributed by atoms with Crippen LogP contribution in [0.1, 0.15) is 18.1 Å². The summed E-state index contributed by atoms with van der Waals surface area (Å²) in [6.07, 6.45) is 2.06. The zero-order chi connectivity index (χ0) is 14.4. The van der Waals surface area contributed by atoms with E-state index >= 15 is 0 Å². The number of nitrogens with one attached hydrogen (secondary N) is 1. The standard InChI is InChI=1S/C13H15FN4O2/c14-11-4-2-1-3-10(11)12(19)7-16-13(20)5-6-18-9-15-8-17-18/h1-4,8-9,12,19H,5-7H2,(H,16,20). The molecule has 1 aromatic heterocycles. The molecule has 6 nitrogen and oxygen atoms in total. The second-order valence-electron chi connectivity index (χ2n) is 4.25. The number of nitrogens with zero attached hydrogens (tertiary/aromatic N) is 3. The van der Waals surface area contributed by atoms with Gasteiger partial charge in [-0.1, -0.05) is 18.2 Å². The van der Waals surface area contributed by atoms with Crippen LogP contribution in [0.2, 0.25) is 0 Å². The Morgan fingerprint density at radius 1 is 1.45 bits per heavy atom. The lowest BCUT2D eigenvalue weighted by atomic mass is 10.1. The zero-order valence-corrected chi connectivity index (χ0v) is 10.7. The van der Waals surface area contributed by atoms with Crippen molar-refractivity contribution in [1.29, 1.82) is 0 Å². The van der Waals surface area contributed by atoms with Crippen molar-refractivity contribution in [3.63, 3.8) is 0 Å². The molecule has 0 aliphatic heterocycles. The monoisotopic (exact) mass is 278 g/mol. The molecule has 0 radical (unpaired) electrons. The highest BCUT2D eigenvalue weighted by Gasteiger charge is 2.13. The average molecular weight is 278 g/mol. The van der Waals surface area contributed by atoms with E-state index in [1.807, 2.05) is 0 Å². The van der Waals surface area contributed by atoms with Crippen molar-refractivity contribution in [2.75, 3.05) is 6.54 Å². The van der Waals surface area contributed by atoms with Gasteiger partial charge in [0, 0.05) is 18.5 Å². The minimum atomic E-state index is -1.06. The quantitative estimate of drug-likeness (QED) is 0.813. The van der Waals surface area contributed by atoms with Crippen LogP contribution in [0.4, 0.5) is 4.39 Å². The highest BCUT2D eigenvalue weighted by molar-refractivity contribution is 5.75. The molecule has 1 atom stereocenters. The molecule has 106 valence electrons. The topological polar surface area (TPSA) is 80.0 Å². The van der Waals surface area contributed by atoms with Crippen molar-refractivity contribution < 1.29 is 14.3 Å². The molecule has 0 aliphatic carbocycles. The van der Waals surface area contributed by atoms with Crippen molar-refractivity contribution >= 4 is 5.91 Å². The number of aryl methyl sites for hydroxylation is 1. The number of carbonyl (C=O) groups excluding carboxylic acids is 1. The minimum absolute atomic E-state index is 0.0306. The van der Waals surface area contributed by atoms with Gasteiger partial charge in [0.25, 0.3) is 0 Å². The third-order valence-corrected chi connectivity index (χ3v) is 2.79. The summed E-state index contributed by atoms with van der Waals surface area (Å²) in [6.45, 7) is 0.374. The van der Waals surface area contributed by atoms with E-state index < -0.39 is 11.9 Å². The number of rotatable bonds is 6. The summed E-state index contributed by atoms with van der Waals surface area (Å²) >= 11 is 0. The summed E-state index contributed by atoms with van der Waals surface area (Å²) in [5.74, 6) is -0.729. The van der Waals surface area contributed by atoms with Gasteiger partial charge >= 0.3 is 0 Å². The molecule has 1 unspecified atom stereocenters. The maximum absolute atomic E-state index is 13.4. The average Bonchev–Trinajstić information content (AvgIpc) is 2.96. The number of amides is 1. The highest BCUT2D eigenvalue weighted by atomic mass is 19.1. The van der Waals surface area contributed by atoms with Gasteiger partial charge in [-0.3, -0.25) is 9.48 Å². The number of carbonyl (C=O) groups is 1. The summed E-state index contributed by atoms with van der Waals surface area (Å²) in [6, 6.07) is 5.93. The molecule has 0 bridgehead atoms. The van der Waals surface area contributed by atoms with E-state index in [0.29, 0.717) is 6.54 Å². The van der Waals surface area contributed by atoms with Crippen LogP contribution < -0.4 is 5.32 Å². The Morgan fingerprint density at radius 2 is 2.25 bits per heavy atom. The van der Waals surface area contributed by atoms with Crippen molar-refractivity contribution in [3.05, 3.63) is 48.3 Å². The Hall–Kier alpha value is -2.28. The first-order valence-electron chi connectivity index (χ1n) is 6.18. The van der Waals surface area contributed by atoms with E-state index in [9.17, 15) is 14.3 Å². The van der Waals surface area contributed by atoms with E-state index in [-0.39, 0.29) is 24.4 Å². The molecule has 0 saturated heterocycles. The molecule has 1 amide bonds. The van der Waals surface area contributed by atoms with Gasteiger partial charge in [-0.15, -0.1) is 0 Å². The minimum Gasteiger partial charge on any atom is -0.386 e. The lowest BCUT2D eigenvalue weighted by Crippen LogP contribution is -2.29. The third-order valence-electron chi connectivity index (χ3n) is 2.79. The maximum Gasteiger partial charge on any atom is 0.221 e. The van der Waals surface area contributed by atoms with Crippen molar-refractivity contribution in [3.8, 4) is 0 Å². The highest BCUT2D eigenvalue weighted by Crippen LogP contribution is 2.15. The normalized spacial score (nSPS) is 12.1. The van der Waals surface area contributed by atoms with Crippen molar-refractivity contribution in [2.45, 2.75) is 19.1 Å². The van der Waals surface area contributed by atoms with Gasteiger partial charge in [0.15, 0.2) is 0 Å². The molecule has 7 heteroatoms. The Balaban J connectivity index is 1.77. The number of aromatic nitrogens is 3. The summed E-state index contributed by atoms with van der Waals surface area (Å²) in [5.41, 5.74) is 0.170. The van der Waals surface area contributed by atoms with Gasteiger partial charge in [0.2, 0.25) is 5.91 Å². The van der Waals surface area contributed by atoms with Gasteiger partial charge in [-0.05, 0) is 6.07 Å². The summed E-state index contributed by atoms with van der Waals surface area (Å²) < 4.78 is 14.9. The second-order valence-corrected chi connectivity index (χ2v) is 4.25. The van der Waals surface area contributed by atoms with E-state index in [2.05, 4.69) is 15.4 Å². The van der Waals surface area contributed by atoms with E-state index in [4.69, 9.17) is 0 Å². The Morgan fingerprint density at radius 3 is 2.95 bits per heavy atom. The molecule has 2 rings (SSSR count). The lowest BCUT2D eigenvalue weighted by molar-refractivity contribution is -0.121. The van der Waals surface area contributed by atoms with Crippen LogP contribution in [0, 0.1) is 5.82 Å². The number of benzene rings is 1. The van der Waals surface area contributed by atoms with Crippen LogP contribution in [-0.4, -0.2) is 32.3 Å². The van der Waals surface area contributed by atoms with Crippen LogP contribution in [0.25, 0.3) is 0 Å². The SMILES string of the molecule is O=C(CCn1cncn1)NCC(O)c1ccccc1F. The van der Waals surface area contributed by atoms with Gasteiger partial charge in [-0.2, -0.15) is 5.10 Å². The van der Waals surface area contributed by atoms with Crippen LogP contribution in [0.3, 0.4) is 0 Å². The van der Waals surface area contributed by atoms with Gasteiger partial charge in [0.05, 0.1) is 12.6 Å². The number of halogens is 1.